The third-order valence-corrected chi connectivity index (χ3v) is 6.21. The van der Waals surface area contributed by atoms with Crippen LogP contribution in [0.2, 0.25) is 0 Å². The summed E-state index contributed by atoms with van der Waals surface area (Å²) in [5.41, 5.74) is 1.46. The largest absolute Gasteiger partial charge is 0.298 e. The second kappa shape index (κ2) is 8.05. The topological polar surface area (TPSA) is 63.2 Å². The van der Waals surface area contributed by atoms with E-state index in [1.807, 2.05) is 47.6 Å². The number of aldehydes is 1. The fourth-order valence-corrected chi connectivity index (χ4v) is 5.16. The van der Waals surface area contributed by atoms with Crippen LogP contribution in [0.4, 0.5) is 0 Å². The van der Waals surface area contributed by atoms with E-state index in [1.165, 1.54) is 11.3 Å². The molecule has 0 saturated carbocycles. The monoisotopic (exact) mass is 367 g/mol. The van der Waals surface area contributed by atoms with Crippen LogP contribution in [0.5, 0.6) is 0 Å². The first-order chi connectivity index (χ1) is 11.1. The molecule has 24 heavy (non-hydrogen) atoms. The molecule has 0 fully saturated rings. The molecule has 0 atom stereocenters. The van der Waals surface area contributed by atoms with Crippen LogP contribution >= 0.6 is 11.3 Å². The summed E-state index contributed by atoms with van der Waals surface area (Å²) < 4.78 is 28.2. The first-order valence-electron chi connectivity index (χ1n) is 7.82. The fraction of sp³-hybridized carbons (Fsp3) is 0.389. The van der Waals surface area contributed by atoms with E-state index >= 15 is 0 Å². The Balaban J connectivity index is 0.00000139. The highest BCUT2D eigenvalue weighted by molar-refractivity contribution is 7.91. The lowest BCUT2D eigenvalue weighted by Gasteiger charge is -2.20. The number of aryl methyl sites for hydroxylation is 1. The van der Waals surface area contributed by atoms with Crippen molar-refractivity contribution in [1.82, 2.24) is 4.72 Å². The van der Waals surface area contributed by atoms with E-state index in [2.05, 4.69) is 4.72 Å². The molecule has 1 aromatic carbocycles. The van der Waals surface area contributed by atoms with Crippen LogP contribution < -0.4 is 4.72 Å². The molecule has 6 heteroatoms. The number of carbonyl (C=O) groups excluding carboxylic acids is 1. The number of nitrogens with one attached hydrogen (secondary N) is 1. The minimum atomic E-state index is -3.59. The van der Waals surface area contributed by atoms with E-state index in [-0.39, 0.29) is 0 Å². The number of carbonyl (C=O) groups is 1. The van der Waals surface area contributed by atoms with E-state index in [9.17, 15) is 13.2 Å². The summed E-state index contributed by atoms with van der Waals surface area (Å²) in [5, 5.41) is 0. The molecule has 1 N–H and O–H groups in total. The molecule has 0 aliphatic carbocycles. The summed E-state index contributed by atoms with van der Waals surface area (Å²) in [5.74, 6) is 0. The maximum absolute atomic E-state index is 12.6. The van der Waals surface area contributed by atoms with Crippen molar-refractivity contribution in [1.29, 1.82) is 0 Å². The van der Waals surface area contributed by atoms with Gasteiger partial charge in [-0.15, -0.1) is 11.3 Å². The van der Waals surface area contributed by atoms with Crippen molar-refractivity contribution in [2.75, 3.05) is 0 Å². The fourth-order valence-electron chi connectivity index (χ4n) is 2.08. The number of hydrogen-bond acceptors (Lipinski definition) is 4. The molecule has 0 bridgehead atoms. The van der Waals surface area contributed by atoms with Gasteiger partial charge < -0.3 is 0 Å². The number of hydrogen-bond donors (Lipinski definition) is 1. The molecule has 1 heterocycles. The van der Waals surface area contributed by atoms with Gasteiger partial charge in [0.25, 0.3) is 10.0 Å². The van der Waals surface area contributed by atoms with Crippen LogP contribution in [0.25, 0.3) is 11.1 Å². The van der Waals surface area contributed by atoms with Gasteiger partial charge in [-0.25, -0.2) is 13.1 Å². The van der Waals surface area contributed by atoms with Gasteiger partial charge in [-0.3, -0.25) is 4.79 Å². The van der Waals surface area contributed by atoms with Gasteiger partial charge in [0.15, 0.2) is 0 Å². The zero-order valence-corrected chi connectivity index (χ0v) is 16.6. The predicted octanol–water partition coefficient (Wildman–Crippen LogP) is 4.64. The van der Waals surface area contributed by atoms with E-state index in [0.717, 1.165) is 16.7 Å². The molecule has 0 saturated heterocycles. The van der Waals surface area contributed by atoms with Crippen LogP contribution in [-0.4, -0.2) is 20.2 Å². The number of sulfonamides is 1. The molecule has 2 rings (SSSR count). The molecule has 1 aromatic heterocycles. The smallest absolute Gasteiger partial charge is 0.251 e. The number of benzene rings is 1. The quantitative estimate of drug-likeness (QED) is 0.801. The SMILES string of the molecule is CC.Cc1cc(-c2ccc(C=O)cc2)c(S(=O)(=O)NC(C)(C)C)s1. The average molecular weight is 368 g/mol. The average Bonchev–Trinajstić information content (AvgIpc) is 2.90. The summed E-state index contributed by atoms with van der Waals surface area (Å²) in [6.45, 7) is 11.3. The van der Waals surface area contributed by atoms with Crippen molar-refractivity contribution in [3.8, 4) is 11.1 Å². The molecule has 0 amide bonds. The van der Waals surface area contributed by atoms with Crippen molar-refractivity contribution < 1.29 is 13.2 Å². The first kappa shape index (κ1) is 20.5. The van der Waals surface area contributed by atoms with Crippen molar-refractivity contribution in [2.45, 2.75) is 51.3 Å². The highest BCUT2D eigenvalue weighted by Crippen LogP contribution is 2.35. The van der Waals surface area contributed by atoms with Gasteiger partial charge in [-0.1, -0.05) is 38.1 Å². The number of thiophene rings is 1. The van der Waals surface area contributed by atoms with Gasteiger partial charge in [0.1, 0.15) is 10.5 Å². The molecule has 132 valence electrons. The third kappa shape index (κ3) is 5.26. The highest BCUT2D eigenvalue weighted by atomic mass is 32.2. The van der Waals surface area contributed by atoms with Crippen molar-refractivity contribution in [3.05, 3.63) is 40.8 Å². The van der Waals surface area contributed by atoms with Crippen LogP contribution in [-0.2, 0) is 10.0 Å². The van der Waals surface area contributed by atoms with E-state index in [1.54, 1.807) is 24.3 Å². The third-order valence-electron chi connectivity index (χ3n) is 2.86. The predicted molar refractivity (Wildman–Crippen MR) is 101 cm³/mol. The van der Waals surface area contributed by atoms with Crippen LogP contribution in [0.1, 0.15) is 49.9 Å². The van der Waals surface area contributed by atoms with Gasteiger partial charge in [-0.05, 0) is 39.3 Å². The van der Waals surface area contributed by atoms with E-state index < -0.39 is 15.6 Å². The van der Waals surface area contributed by atoms with Crippen molar-refractivity contribution >= 4 is 27.6 Å². The van der Waals surface area contributed by atoms with Crippen LogP contribution in [0.15, 0.2) is 34.5 Å². The second-order valence-electron chi connectivity index (χ2n) is 6.15. The van der Waals surface area contributed by atoms with E-state index in [4.69, 9.17) is 0 Å². The lowest BCUT2D eigenvalue weighted by Crippen LogP contribution is -2.40. The summed E-state index contributed by atoms with van der Waals surface area (Å²) in [6, 6.07) is 8.76. The first-order valence-corrected chi connectivity index (χ1v) is 10.1. The Hall–Kier alpha value is -1.50. The molecule has 0 aliphatic heterocycles. The Morgan fingerprint density at radius 2 is 1.62 bits per heavy atom. The summed E-state index contributed by atoms with van der Waals surface area (Å²) in [7, 11) is -3.59. The van der Waals surface area contributed by atoms with Crippen LogP contribution in [0.3, 0.4) is 0 Å². The molecule has 0 radical (unpaired) electrons. The number of rotatable bonds is 4. The lowest BCUT2D eigenvalue weighted by atomic mass is 10.1. The highest BCUT2D eigenvalue weighted by Gasteiger charge is 2.27. The van der Waals surface area contributed by atoms with Gasteiger partial charge in [0.2, 0.25) is 0 Å². The molecular weight excluding hydrogens is 342 g/mol. The van der Waals surface area contributed by atoms with Crippen molar-refractivity contribution in [2.24, 2.45) is 0 Å². The Labute approximate surface area is 149 Å². The molecule has 4 nitrogen and oxygen atoms in total. The van der Waals surface area contributed by atoms with Crippen molar-refractivity contribution in [3.63, 3.8) is 0 Å². The second-order valence-corrected chi connectivity index (χ2v) is 9.29. The Bertz CT molecular complexity index is 783. The van der Waals surface area contributed by atoms with Crippen LogP contribution in [0, 0.1) is 6.92 Å². The molecule has 0 unspecified atom stereocenters. The van der Waals surface area contributed by atoms with Gasteiger partial charge in [-0.2, -0.15) is 0 Å². The minimum absolute atomic E-state index is 0.304. The summed E-state index contributed by atoms with van der Waals surface area (Å²) in [6.07, 6.45) is 0.765. The molecule has 0 aliphatic rings. The minimum Gasteiger partial charge on any atom is -0.298 e. The maximum Gasteiger partial charge on any atom is 0.251 e. The Kier molecular flexibility index (Phi) is 6.89. The van der Waals surface area contributed by atoms with Gasteiger partial charge in [0.05, 0.1) is 0 Å². The molecule has 0 spiro atoms. The zero-order chi connectivity index (χ0) is 18.5. The van der Waals surface area contributed by atoms with Gasteiger partial charge in [0, 0.05) is 21.5 Å². The standard InChI is InChI=1S/C16H19NO3S2.C2H6/c1-11-9-14(13-7-5-12(10-18)6-8-13)15(21-11)22(19,20)17-16(2,3)4;1-2/h5-10,17H,1-4H3;1-2H3. The molecule has 2 aromatic rings. The maximum atomic E-state index is 12.6. The summed E-state index contributed by atoms with van der Waals surface area (Å²) in [4.78, 5) is 11.7. The molecular formula is C18H25NO3S2. The van der Waals surface area contributed by atoms with Gasteiger partial charge >= 0.3 is 0 Å². The summed E-state index contributed by atoms with van der Waals surface area (Å²) >= 11 is 1.25. The Morgan fingerprint density at radius 3 is 2.08 bits per heavy atom. The lowest BCUT2D eigenvalue weighted by molar-refractivity contribution is 0.112. The Morgan fingerprint density at radius 1 is 1.08 bits per heavy atom. The normalized spacial score (nSPS) is 11.6. The van der Waals surface area contributed by atoms with E-state index in [0.29, 0.717) is 15.3 Å². The zero-order valence-electron chi connectivity index (χ0n) is 15.0.